The van der Waals surface area contributed by atoms with Crippen LogP contribution in [0.25, 0.3) is 5.70 Å². The molecule has 4 rings (SSSR count). The Balaban J connectivity index is 1.62. The third kappa shape index (κ3) is 12.3. The maximum atomic E-state index is 11.3. The Bertz CT molecular complexity index is 1660. The topological polar surface area (TPSA) is 116 Å². The molecule has 0 amide bonds. The molecule has 296 valence electrons. The van der Waals surface area contributed by atoms with Gasteiger partial charge >= 0.3 is 0 Å². The molecule has 3 aromatic carbocycles. The highest BCUT2D eigenvalue weighted by atomic mass is 16.5. The number of hydrazone groups is 1. The summed E-state index contributed by atoms with van der Waals surface area (Å²) in [5, 5.41) is 40.1. The molecule has 0 aliphatic carbocycles. The molecule has 3 atom stereocenters. The van der Waals surface area contributed by atoms with Crippen molar-refractivity contribution in [3.63, 3.8) is 0 Å². The van der Waals surface area contributed by atoms with Crippen molar-refractivity contribution in [1.82, 2.24) is 5.43 Å². The van der Waals surface area contributed by atoms with Crippen molar-refractivity contribution in [1.29, 1.82) is 0 Å². The molecule has 1 heterocycles. The number of ether oxygens (including phenoxy) is 3. The van der Waals surface area contributed by atoms with E-state index >= 15 is 0 Å². The highest BCUT2D eigenvalue weighted by Gasteiger charge is 2.24. The maximum absolute atomic E-state index is 11.3. The molecule has 1 aliphatic rings. The fraction of sp³-hybridized carbons (Fsp3) is 0.533. The zero-order valence-electron chi connectivity index (χ0n) is 33.6. The maximum Gasteiger partial charge on any atom is 0.146 e. The highest BCUT2D eigenvalue weighted by Crippen LogP contribution is 2.37. The van der Waals surface area contributed by atoms with E-state index in [-0.39, 0.29) is 17.2 Å². The number of phenolic OH excluding ortho intramolecular Hbond substituents is 3. The van der Waals surface area contributed by atoms with Gasteiger partial charge in [-0.1, -0.05) is 99.3 Å². The van der Waals surface area contributed by atoms with E-state index < -0.39 is 0 Å². The molecule has 9 heteroatoms. The summed E-state index contributed by atoms with van der Waals surface area (Å²) in [6.45, 7) is 14.9. The minimum atomic E-state index is -0.0333. The lowest BCUT2D eigenvalue weighted by Gasteiger charge is -2.29. The van der Waals surface area contributed by atoms with Crippen molar-refractivity contribution >= 4 is 17.1 Å². The SMILES string of the molecule is CCCCC(CC)COc1ccc(C2=CC(c3ccc(OCC(CC)CCCC)cc3O)=NN(c3ccc(OCC(CC)CCCC)cc3O)N2)c(O)c1. The van der Waals surface area contributed by atoms with Crippen LogP contribution in [0.1, 0.15) is 130 Å². The summed E-state index contributed by atoms with van der Waals surface area (Å²) >= 11 is 0. The molecule has 0 fully saturated rings. The number of nitrogens with zero attached hydrogens (tertiary/aromatic N) is 2. The van der Waals surface area contributed by atoms with Crippen LogP contribution in [0.5, 0.6) is 34.5 Å². The number of rotatable bonds is 24. The van der Waals surface area contributed by atoms with E-state index in [0.717, 1.165) is 64.2 Å². The van der Waals surface area contributed by atoms with Gasteiger partial charge in [0.2, 0.25) is 0 Å². The number of nitrogens with one attached hydrogen (secondary N) is 1. The second-order valence-electron chi connectivity index (χ2n) is 14.7. The van der Waals surface area contributed by atoms with Gasteiger partial charge in [0.25, 0.3) is 0 Å². The van der Waals surface area contributed by atoms with Crippen molar-refractivity contribution in [3.05, 3.63) is 71.8 Å². The fourth-order valence-electron chi connectivity index (χ4n) is 6.58. The largest absolute Gasteiger partial charge is 0.507 e. The van der Waals surface area contributed by atoms with Gasteiger partial charge in [-0.05, 0) is 79.5 Å². The molecule has 1 aliphatic heterocycles. The van der Waals surface area contributed by atoms with Gasteiger partial charge in [-0.3, -0.25) is 5.43 Å². The van der Waals surface area contributed by atoms with Gasteiger partial charge in [0.15, 0.2) is 0 Å². The first-order valence-electron chi connectivity index (χ1n) is 20.5. The average Bonchev–Trinajstić information content (AvgIpc) is 3.18. The van der Waals surface area contributed by atoms with E-state index in [9.17, 15) is 15.3 Å². The predicted molar refractivity (Wildman–Crippen MR) is 221 cm³/mol. The first kappa shape index (κ1) is 42.2. The Morgan fingerprint density at radius 2 is 1.00 bits per heavy atom. The zero-order chi connectivity index (χ0) is 38.9. The molecule has 4 N–H and O–H groups in total. The first-order valence-corrected chi connectivity index (χ1v) is 20.5. The van der Waals surface area contributed by atoms with E-state index in [2.05, 4.69) is 47.0 Å². The summed E-state index contributed by atoms with van der Waals surface area (Å²) in [6, 6.07) is 15.7. The monoisotopic (exact) mass is 743 g/mol. The molecule has 0 radical (unpaired) electrons. The number of anilines is 1. The molecule has 3 aromatic rings. The van der Waals surface area contributed by atoms with Gasteiger partial charge in [-0.25, -0.2) is 0 Å². The minimum absolute atomic E-state index is 0.00773. The Kier molecular flexibility index (Phi) is 17.2. The quantitative estimate of drug-likeness (QED) is 0.0717. The summed E-state index contributed by atoms with van der Waals surface area (Å²) in [5.41, 5.74) is 5.54. The predicted octanol–water partition coefficient (Wildman–Crippen LogP) is 11.4. The smallest absolute Gasteiger partial charge is 0.146 e. The van der Waals surface area contributed by atoms with Gasteiger partial charge < -0.3 is 29.5 Å². The lowest BCUT2D eigenvalue weighted by molar-refractivity contribution is 0.232. The van der Waals surface area contributed by atoms with Crippen molar-refractivity contribution < 1.29 is 29.5 Å². The summed E-state index contributed by atoms with van der Waals surface area (Å²) in [4.78, 5) is 0. The minimum Gasteiger partial charge on any atom is -0.507 e. The molecule has 0 bridgehead atoms. The molecule has 0 spiro atoms. The lowest BCUT2D eigenvalue weighted by atomic mass is 10.0. The summed E-state index contributed by atoms with van der Waals surface area (Å²) in [6.07, 6.45) is 15.2. The Hall–Kier alpha value is -4.53. The Morgan fingerprint density at radius 1 is 0.574 bits per heavy atom. The van der Waals surface area contributed by atoms with E-state index in [1.807, 2.05) is 18.2 Å². The van der Waals surface area contributed by atoms with Gasteiger partial charge in [-0.15, -0.1) is 0 Å². The number of hydrazine groups is 1. The van der Waals surface area contributed by atoms with Crippen LogP contribution < -0.4 is 24.8 Å². The van der Waals surface area contributed by atoms with Crippen LogP contribution in [0.3, 0.4) is 0 Å². The Labute approximate surface area is 324 Å². The van der Waals surface area contributed by atoms with Crippen LogP contribution in [0, 0.1) is 17.8 Å². The third-order valence-corrected chi connectivity index (χ3v) is 10.5. The van der Waals surface area contributed by atoms with Crippen LogP contribution in [-0.4, -0.2) is 40.9 Å². The molecule has 54 heavy (non-hydrogen) atoms. The highest BCUT2D eigenvalue weighted by molar-refractivity contribution is 6.15. The summed E-state index contributed by atoms with van der Waals surface area (Å²) < 4.78 is 18.3. The van der Waals surface area contributed by atoms with Gasteiger partial charge in [-0.2, -0.15) is 10.2 Å². The first-order chi connectivity index (χ1) is 26.2. The number of phenols is 3. The standard InChI is InChI=1S/C45H65N3O6/c1-7-13-16-32(10-4)29-52-35-19-22-38(43(49)25-35)40-28-41(39-23-20-36(26-44(39)50)53-30-33(11-5)17-14-8-2)47-48(46-40)42-24-21-37(27-45(42)51)54-31-34(12-6)18-15-9-3/h19-28,32-34,46,49-51H,7-18,29-31H2,1-6H3. The fourth-order valence-corrected chi connectivity index (χ4v) is 6.58. The van der Waals surface area contributed by atoms with Crippen molar-refractivity contribution in [3.8, 4) is 34.5 Å². The average molecular weight is 744 g/mol. The van der Waals surface area contributed by atoms with Crippen LogP contribution in [0.15, 0.2) is 65.8 Å². The molecule has 9 nitrogen and oxygen atoms in total. The number of benzene rings is 3. The molecular formula is C45H65N3O6. The van der Waals surface area contributed by atoms with Crippen molar-refractivity contribution in [2.45, 2.75) is 119 Å². The van der Waals surface area contributed by atoms with Crippen LogP contribution in [0.4, 0.5) is 5.69 Å². The number of unbranched alkanes of at least 4 members (excludes halogenated alkanes) is 3. The van der Waals surface area contributed by atoms with Gasteiger partial charge in [0, 0.05) is 29.3 Å². The van der Waals surface area contributed by atoms with E-state index in [1.54, 1.807) is 42.5 Å². The number of hydrogen-bond acceptors (Lipinski definition) is 9. The molecule has 0 aromatic heterocycles. The van der Waals surface area contributed by atoms with Crippen LogP contribution in [-0.2, 0) is 0 Å². The normalized spacial score (nSPS) is 14.4. The Morgan fingerprint density at radius 3 is 1.41 bits per heavy atom. The van der Waals surface area contributed by atoms with E-state index in [4.69, 9.17) is 19.3 Å². The molecule has 3 unspecified atom stereocenters. The van der Waals surface area contributed by atoms with Crippen LogP contribution in [0.2, 0.25) is 0 Å². The third-order valence-electron chi connectivity index (χ3n) is 10.5. The van der Waals surface area contributed by atoms with Crippen molar-refractivity contribution in [2.75, 3.05) is 24.9 Å². The lowest BCUT2D eigenvalue weighted by Crippen LogP contribution is -2.36. The second kappa shape index (κ2) is 22.0. The molecule has 0 saturated heterocycles. The van der Waals surface area contributed by atoms with Gasteiger partial charge in [0.05, 0.1) is 31.2 Å². The summed E-state index contributed by atoms with van der Waals surface area (Å²) in [7, 11) is 0. The number of hydrogen-bond donors (Lipinski definition) is 4. The zero-order valence-corrected chi connectivity index (χ0v) is 33.6. The van der Waals surface area contributed by atoms with E-state index in [1.165, 1.54) is 18.0 Å². The number of allylic oxidation sites excluding steroid dienone is 1. The number of aromatic hydroxyl groups is 3. The summed E-state index contributed by atoms with van der Waals surface area (Å²) in [5.74, 6) is 3.12. The van der Waals surface area contributed by atoms with E-state index in [0.29, 0.717) is 83.0 Å². The van der Waals surface area contributed by atoms with Gasteiger partial charge in [0.1, 0.15) is 40.2 Å². The van der Waals surface area contributed by atoms with Crippen molar-refractivity contribution in [2.24, 2.45) is 22.9 Å². The second-order valence-corrected chi connectivity index (χ2v) is 14.7. The van der Waals surface area contributed by atoms with Crippen LogP contribution >= 0.6 is 0 Å². The molecule has 0 saturated carbocycles. The molecular weight excluding hydrogens is 679 g/mol.